The maximum Gasteiger partial charge on any atom is 0.167 e. The first-order valence-electron chi connectivity index (χ1n) is 5.68. The summed E-state index contributed by atoms with van der Waals surface area (Å²) in [5.41, 5.74) is 8.53. The maximum atomic E-state index is 5.83. The van der Waals surface area contributed by atoms with Gasteiger partial charge >= 0.3 is 0 Å². The standard InChI is InChI=1S/C11H17N5S/c1-5(2)7-8(6(3)4)14-11-9(13-7)10(12)15-17-16-11/h5-6H,1-4H3,(H2,12,15)(H,14,16). The molecule has 3 N–H and O–H groups in total. The van der Waals surface area contributed by atoms with Gasteiger partial charge in [0.15, 0.2) is 11.7 Å². The summed E-state index contributed by atoms with van der Waals surface area (Å²) in [6.07, 6.45) is 0. The van der Waals surface area contributed by atoms with Crippen LogP contribution in [0.3, 0.4) is 0 Å². The summed E-state index contributed by atoms with van der Waals surface area (Å²) in [6, 6.07) is 0. The van der Waals surface area contributed by atoms with Gasteiger partial charge in [-0.15, -0.1) is 0 Å². The van der Waals surface area contributed by atoms with Crippen LogP contribution < -0.4 is 10.5 Å². The van der Waals surface area contributed by atoms with Crippen LogP contribution >= 0.6 is 12.1 Å². The van der Waals surface area contributed by atoms with E-state index in [0.717, 1.165) is 17.2 Å². The number of nitrogens with zero attached hydrogens (tertiary/aromatic N) is 3. The number of amidine groups is 1. The number of anilines is 1. The SMILES string of the molecule is CC(C)c1nc2c(nc1C(C)C)C(N)=NSN2. The first kappa shape index (κ1) is 12.2. The molecule has 1 aromatic heterocycles. The molecule has 1 aliphatic rings. The molecule has 17 heavy (non-hydrogen) atoms. The predicted octanol–water partition coefficient (Wildman–Crippen LogP) is 2.42. The molecule has 6 heteroatoms. The largest absolute Gasteiger partial charge is 0.381 e. The van der Waals surface area contributed by atoms with E-state index in [-0.39, 0.29) is 0 Å². The molecule has 0 aromatic carbocycles. The fraction of sp³-hybridized carbons (Fsp3) is 0.545. The van der Waals surface area contributed by atoms with E-state index in [1.165, 1.54) is 12.1 Å². The van der Waals surface area contributed by atoms with Gasteiger partial charge in [-0.2, -0.15) is 4.40 Å². The monoisotopic (exact) mass is 251 g/mol. The van der Waals surface area contributed by atoms with Crippen LogP contribution in [0.5, 0.6) is 0 Å². The summed E-state index contributed by atoms with van der Waals surface area (Å²) in [4.78, 5) is 9.25. The molecule has 0 aliphatic carbocycles. The van der Waals surface area contributed by atoms with Crippen LogP contribution in [0.15, 0.2) is 4.40 Å². The van der Waals surface area contributed by atoms with E-state index < -0.39 is 0 Å². The van der Waals surface area contributed by atoms with Crippen molar-refractivity contribution in [2.75, 3.05) is 4.72 Å². The number of nitrogens with two attached hydrogens (primary N) is 1. The van der Waals surface area contributed by atoms with E-state index in [9.17, 15) is 0 Å². The van der Waals surface area contributed by atoms with Gasteiger partial charge in [-0.05, 0) is 11.8 Å². The van der Waals surface area contributed by atoms with Crippen molar-refractivity contribution in [1.29, 1.82) is 0 Å². The summed E-state index contributed by atoms with van der Waals surface area (Å²) in [5.74, 6) is 1.83. The zero-order valence-electron chi connectivity index (χ0n) is 10.5. The lowest BCUT2D eigenvalue weighted by atomic mass is 10.00. The molecule has 5 nitrogen and oxygen atoms in total. The molecular formula is C11H17N5S. The van der Waals surface area contributed by atoms with Crippen LogP contribution in [0.2, 0.25) is 0 Å². The lowest BCUT2D eigenvalue weighted by molar-refractivity contribution is 0.727. The topological polar surface area (TPSA) is 76.2 Å². The predicted molar refractivity (Wildman–Crippen MR) is 72.1 cm³/mol. The Bertz CT molecular complexity index is 467. The minimum absolute atomic E-state index is 0.326. The van der Waals surface area contributed by atoms with E-state index >= 15 is 0 Å². The molecular weight excluding hydrogens is 234 g/mol. The summed E-state index contributed by atoms with van der Waals surface area (Å²) >= 11 is 1.19. The summed E-state index contributed by atoms with van der Waals surface area (Å²) in [6.45, 7) is 8.46. The minimum Gasteiger partial charge on any atom is -0.381 e. The lowest BCUT2D eigenvalue weighted by Crippen LogP contribution is -2.23. The second kappa shape index (κ2) is 4.52. The Morgan fingerprint density at radius 3 is 2.24 bits per heavy atom. The molecule has 2 rings (SSSR count). The zero-order chi connectivity index (χ0) is 12.6. The molecule has 0 saturated carbocycles. The molecule has 2 heterocycles. The first-order valence-corrected chi connectivity index (χ1v) is 6.45. The Hall–Kier alpha value is -1.30. The van der Waals surface area contributed by atoms with E-state index in [1.54, 1.807) is 0 Å². The van der Waals surface area contributed by atoms with Crippen molar-refractivity contribution in [3.05, 3.63) is 17.1 Å². The van der Waals surface area contributed by atoms with Crippen LogP contribution in [0.25, 0.3) is 0 Å². The fourth-order valence-corrected chi connectivity index (χ4v) is 2.18. The number of aromatic nitrogens is 2. The van der Waals surface area contributed by atoms with Crippen molar-refractivity contribution in [3.63, 3.8) is 0 Å². The molecule has 0 fully saturated rings. The Kier molecular flexibility index (Phi) is 3.24. The average Bonchev–Trinajstić information content (AvgIpc) is 2.27. The zero-order valence-corrected chi connectivity index (χ0v) is 11.3. The normalized spacial score (nSPS) is 14.6. The van der Waals surface area contributed by atoms with Gasteiger partial charge in [-0.25, -0.2) is 9.97 Å². The highest BCUT2D eigenvalue weighted by Crippen LogP contribution is 2.29. The Labute approximate surface area is 106 Å². The molecule has 0 bridgehead atoms. The average molecular weight is 251 g/mol. The van der Waals surface area contributed by atoms with Crippen molar-refractivity contribution in [2.24, 2.45) is 10.1 Å². The van der Waals surface area contributed by atoms with Gasteiger partial charge in [-0.3, -0.25) is 4.72 Å². The number of fused-ring (bicyclic) bond motifs is 1. The molecule has 0 atom stereocenters. The summed E-state index contributed by atoms with van der Waals surface area (Å²) < 4.78 is 7.07. The van der Waals surface area contributed by atoms with Crippen molar-refractivity contribution >= 4 is 23.8 Å². The summed E-state index contributed by atoms with van der Waals surface area (Å²) in [7, 11) is 0. The highest BCUT2D eigenvalue weighted by molar-refractivity contribution is 7.99. The lowest BCUT2D eigenvalue weighted by Gasteiger charge is -2.19. The Morgan fingerprint density at radius 2 is 1.65 bits per heavy atom. The third-order valence-corrected chi connectivity index (χ3v) is 3.15. The maximum absolute atomic E-state index is 5.83. The molecule has 0 amide bonds. The van der Waals surface area contributed by atoms with E-state index in [4.69, 9.17) is 5.73 Å². The molecule has 0 saturated heterocycles. The third-order valence-electron chi connectivity index (χ3n) is 2.57. The van der Waals surface area contributed by atoms with Gasteiger partial charge in [0.1, 0.15) is 5.69 Å². The summed E-state index contributed by atoms with van der Waals surface area (Å²) in [5, 5.41) is 0. The number of nitrogens with one attached hydrogen (secondary N) is 1. The molecule has 1 aromatic rings. The molecule has 1 aliphatic heterocycles. The third kappa shape index (κ3) is 2.22. The van der Waals surface area contributed by atoms with Crippen LogP contribution in [0.1, 0.15) is 56.6 Å². The van der Waals surface area contributed by atoms with Crippen molar-refractivity contribution in [3.8, 4) is 0 Å². The van der Waals surface area contributed by atoms with Crippen LogP contribution in [-0.4, -0.2) is 15.8 Å². The molecule has 0 radical (unpaired) electrons. The van der Waals surface area contributed by atoms with Gasteiger partial charge in [0.2, 0.25) is 0 Å². The van der Waals surface area contributed by atoms with Crippen molar-refractivity contribution < 1.29 is 0 Å². The van der Waals surface area contributed by atoms with Crippen LogP contribution in [-0.2, 0) is 0 Å². The molecule has 0 spiro atoms. The van der Waals surface area contributed by atoms with Crippen LogP contribution in [0, 0.1) is 0 Å². The van der Waals surface area contributed by atoms with Crippen molar-refractivity contribution in [1.82, 2.24) is 9.97 Å². The van der Waals surface area contributed by atoms with Gasteiger partial charge in [0, 0.05) is 0 Å². The second-order valence-corrected chi connectivity index (χ2v) is 5.24. The highest BCUT2D eigenvalue weighted by atomic mass is 32.2. The fourth-order valence-electron chi connectivity index (χ4n) is 1.72. The number of hydrogen-bond acceptors (Lipinski definition) is 6. The van der Waals surface area contributed by atoms with Gasteiger partial charge in [-0.1, -0.05) is 27.7 Å². The van der Waals surface area contributed by atoms with Crippen molar-refractivity contribution in [2.45, 2.75) is 39.5 Å². The molecule has 0 unspecified atom stereocenters. The van der Waals surface area contributed by atoms with Gasteiger partial charge in [0.05, 0.1) is 23.5 Å². The number of rotatable bonds is 2. The van der Waals surface area contributed by atoms with Gasteiger partial charge in [0.25, 0.3) is 0 Å². The quantitative estimate of drug-likeness (QED) is 0.789. The Balaban J connectivity index is 2.60. The number of hydrogen-bond donors (Lipinski definition) is 2. The molecule has 92 valence electrons. The van der Waals surface area contributed by atoms with E-state index in [2.05, 4.69) is 46.8 Å². The highest BCUT2D eigenvalue weighted by Gasteiger charge is 2.22. The smallest absolute Gasteiger partial charge is 0.167 e. The Morgan fingerprint density at radius 1 is 1.06 bits per heavy atom. The minimum atomic E-state index is 0.326. The second-order valence-electron chi connectivity index (χ2n) is 4.67. The van der Waals surface area contributed by atoms with Crippen LogP contribution in [0.4, 0.5) is 5.82 Å². The van der Waals surface area contributed by atoms with E-state index in [1.807, 2.05) is 0 Å². The van der Waals surface area contributed by atoms with Gasteiger partial charge < -0.3 is 5.73 Å². The first-order chi connectivity index (χ1) is 8.00. The van der Waals surface area contributed by atoms with E-state index in [0.29, 0.717) is 23.4 Å².